The van der Waals surface area contributed by atoms with Crippen LogP contribution in [0.5, 0.6) is 5.75 Å². The number of likely N-dealkylation sites (tertiary alicyclic amines) is 1. The van der Waals surface area contributed by atoms with Crippen molar-refractivity contribution in [3.05, 3.63) is 58.4 Å². The van der Waals surface area contributed by atoms with E-state index < -0.39 is 11.7 Å². The van der Waals surface area contributed by atoms with Crippen LogP contribution in [0, 0.1) is 12.7 Å². The third kappa shape index (κ3) is 5.49. The number of ether oxygens (including phenoxy) is 1. The van der Waals surface area contributed by atoms with Crippen LogP contribution in [-0.2, 0) is 4.79 Å². The Labute approximate surface area is 180 Å². The number of carbonyl (C=O) groups excluding carboxylic acids is 2. The first-order valence-electron chi connectivity index (χ1n) is 9.68. The van der Waals surface area contributed by atoms with Crippen LogP contribution in [0.25, 0.3) is 0 Å². The average Bonchev–Trinajstić information content (AvgIpc) is 3.12. The summed E-state index contributed by atoms with van der Waals surface area (Å²) in [5, 5.41) is 3.16. The number of halogens is 2. The minimum Gasteiger partial charge on any atom is -0.483 e. The van der Waals surface area contributed by atoms with Crippen LogP contribution in [0.3, 0.4) is 0 Å². The van der Waals surface area contributed by atoms with Crippen LogP contribution in [0.2, 0.25) is 5.02 Å². The number of benzene rings is 2. The number of hydrogen-bond acceptors (Lipinski definition) is 4. The number of nitrogens with one attached hydrogen (secondary N) is 1. The van der Waals surface area contributed by atoms with Crippen molar-refractivity contribution in [2.24, 2.45) is 0 Å². The standard InChI is InChI=1S/C22H25ClFN3O3/c1-14-8-16(23)4-5-20(14)30-13-21(28)25-18-10-15(9-17(24)11-18)22(29)27(3)19-6-7-26(2)12-19/h4-5,8-11,19H,6-7,12-13H2,1-3H3,(H,25,28). The highest BCUT2D eigenvalue weighted by atomic mass is 35.5. The summed E-state index contributed by atoms with van der Waals surface area (Å²) in [6.07, 6.45) is 0.874. The third-order valence-electron chi connectivity index (χ3n) is 5.16. The van der Waals surface area contributed by atoms with Crippen molar-refractivity contribution >= 4 is 29.1 Å². The molecule has 0 bridgehead atoms. The van der Waals surface area contributed by atoms with Crippen LogP contribution in [0.4, 0.5) is 10.1 Å². The zero-order valence-corrected chi connectivity index (χ0v) is 18.0. The number of hydrogen-bond donors (Lipinski definition) is 1. The summed E-state index contributed by atoms with van der Waals surface area (Å²) in [6.45, 7) is 3.27. The first-order chi connectivity index (χ1) is 14.2. The van der Waals surface area contributed by atoms with E-state index in [9.17, 15) is 14.0 Å². The zero-order chi connectivity index (χ0) is 21.8. The molecule has 1 N–H and O–H groups in total. The zero-order valence-electron chi connectivity index (χ0n) is 17.2. The Balaban J connectivity index is 1.64. The molecule has 1 fully saturated rings. The van der Waals surface area contributed by atoms with Gasteiger partial charge in [0.25, 0.3) is 11.8 Å². The second kappa shape index (κ2) is 9.45. The molecule has 2 aromatic rings. The van der Waals surface area contributed by atoms with Crippen LogP contribution in [0.15, 0.2) is 36.4 Å². The van der Waals surface area contributed by atoms with Crippen molar-refractivity contribution in [2.75, 3.05) is 39.1 Å². The second-order valence-electron chi connectivity index (χ2n) is 7.60. The summed E-state index contributed by atoms with van der Waals surface area (Å²) in [4.78, 5) is 28.8. The van der Waals surface area contributed by atoms with Crippen molar-refractivity contribution in [1.82, 2.24) is 9.80 Å². The number of aryl methyl sites for hydroxylation is 1. The third-order valence-corrected chi connectivity index (χ3v) is 5.39. The Morgan fingerprint density at radius 3 is 2.73 bits per heavy atom. The van der Waals surface area contributed by atoms with E-state index in [4.69, 9.17) is 16.3 Å². The maximum absolute atomic E-state index is 14.1. The topological polar surface area (TPSA) is 61.9 Å². The van der Waals surface area contributed by atoms with E-state index in [1.165, 1.54) is 18.2 Å². The largest absolute Gasteiger partial charge is 0.483 e. The smallest absolute Gasteiger partial charge is 0.262 e. The molecular weight excluding hydrogens is 409 g/mol. The Morgan fingerprint density at radius 1 is 1.30 bits per heavy atom. The fourth-order valence-corrected chi connectivity index (χ4v) is 3.72. The van der Waals surface area contributed by atoms with Gasteiger partial charge >= 0.3 is 0 Å². The van der Waals surface area contributed by atoms with Gasteiger partial charge < -0.3 is 19.9 Å². The van der Waals surface area contributed by atoms with Crippen LogP contribution in [-0.4, -0.2) is 61.4 Å². The predicted molar refractivity (Wildman–Crippen MR) is 115 cm³/mol. The van der Waals surface area contributed by atoms with Crippen LogP contribution in [0.1, 0.15) is 22.3 Å². The molecule has 0 spiro atoms. The summed E-state index contributed by atoms with van der Waals surface area (Å²) in [6, 6.07) is 9.00. The molecule has 0 aromatic heterocycles. The predicted octanol–water partition coefficient (Wildman–Crippen LogP) is 3.58. The number of anilines is 1. The molecule has 1 aliphatic rings. The average molecular weight is 434 g/mol. The number of likely N-dealkylation sites (N-methyl/N-ethyl adjacent to an activating group) is 2. The van der Waals surface area contributed by atoms with E-state index in [0.717, 1.165) is 25.1 Å². The lowest BCUT2D eigenvalue weighted by molar-refractivity contribution is -0.118. The molecule has 3 rings (SSSR count). The Kier molecular flexibility index (Phi) is 6.95. The Hall–Kier alpha value is -2.64. The number of carbonyl (C=O) groups is 2. The minimum atomic E-state index is -0.595. The fraction of sp³-hybridized carbons (Fsp3) is 0.364. The minimum absolute atomic E-state index is 0.0832. The van der Waals surface area contributed by atoms with Crippen molar-refractivity contribution in [2.45, 2.75) is 19.4 Å². The number of amides is 2. The van der Waals surface area contributed by atoms with Gasteiger partial charge in [-0.25, -0.2) is 4.39 Å². The quantitative estimate of drug-likeness (QED) is 0.756. The summed E-state index contributed by atoms with van der Waals surface area (Å²) < 4.78 is 19.6. The highest BCUT2D eigenvalue weighted by molar-refractivity contribution is 6.30. The number of nitrogens with zero attached hydrogens (tertiary/aromatic N) is 2. The first-order valence-corrected chi connectivity index (χ1v) is 10.1. The number of rotatable bonds is 6. The van der Waals surface area contributed by atoms with Crippen molar-refractivity contribution in [3.8, 4) is 5.75 Å². The van der Waals surface area contributed by atoms with Gasteiger partial charge in [-0.05, 0) is 68.9 Å². The van der Waals surface area contributed by atoms with Crippen LogP contribution < -0.4 is 10.1 Å². The van der Waals surface area contributed by atoms with E-state index in [-0.39, 0.29) is 29.8 Å². The van der Waals surface area contributed by atoms with E-state index >= 15 is 0 Å². The summed E-state index contributed by atoms with van der Waals surface area (Å²) in [7, 11) is 3.72. The molecule has 1 heterocycles. The monoisotopic (exact) mass is 433 g/mol. The van der Waals surface area contributed by atoms with Crippen molar-refractivity contribution in [1.29, 1.82) is 0 Å². The van der Waals surface area contributed by atoms with Gasteiger partial charge in [-0.2, -0.15) is 0 Å². The molecule has 0 aliphatic carbocycles. The SMILES string of the molecule is Cc1cc(Cl)ccc1OCC(=O)Nc1cc(F)cc(C(=O)N(C)C2CCN(C)C2)c1. The Bertz CT molecular complexity index is 953. The van der Waals surface area contributed by atoms with Gasteiger partial charge in [-0.1, -0.05) is 11.6 Å². The van der Waals surface area contributed by atoms with Gasteiger partial charge in [0.15, 0.2) is 6.61 Å². The molecule has 2 amide bonds. The van der Waals surface area contributed by atoms with Gasteiger partial charge in [0.05, 0.1) is 0 Å². The van der Waals surface area contributed by atoms with Gasteiger partial charge in [0, 0.05) is 35.9 Å². The summed E-state index contributed by atoms with van der Waals surface area (Å²) in [5.41, 5.74) is 1.20. The molecule has 6 nitrogen and oxygen atoms in total. The van der Waals surface area contributed by atoms with E-state index in [0.29, 0.717) is 10.8 Å². The normalized spacial score (nSPS) is 16.4. The molecule has 30 heavy (non-hydrogen) atoms. The maximum Gasteiger partial charge on any atom is 0.262 e. The second-order valence-corrected chi connectivity index (χ2v) is 8.03. The van der Waals surface area contributed by atoms with Crippen molar-refractivity contribution in [3.63, 3.8) is 0 Å². The van der Waals surface area contributed by atoms with Gasteiger partial charge in [-0.15, -0.1) is 0 Å². The van der Waals surface area contributed by atoms with E-state index in [1.807, 2.05) is 14.0 Å². The van der Waals surface area contributed by atoms with Crippen LogP contribution >= 0.6 is 11.6 Å². The first kappa shape index (κ1) is 22.1. The highest BCUT2D eigenvalue weighted by Gasteiger charge is 2.27. The molecule has 1 atom stereocenters. The molecule has 1 aliphatic heterocycles. The van der Waals surface area contributed by atoms with Crippen molar-refractivity contribution < 1.29 is 18.7 Å². The van der Waals surface area contributed by atoms with Gasteiger partial charge in [-0.3, -0.25) is 9.59 Å². The molecule has 160 valence electrons. The van der Waals surface area contributed by atoms with Gasteiger partial charge in [0.2, 0.25) is 0 Å². The molecule has 0 saturated carbocycles. The van der Waals surface area contributed by atoms with Gasteiger partial charge in [0.1, 0.15) is 11.6 Å². The lowest BCUT2D eigenvalue weighted by atomic mass is 10.1. The maximum atomic E-state index is 14.1. The Morgan fingerprint density at radius 2 is 2.07 bits per heavy atom. The molecule has 1 unspecified atom stereocenters. The molecular formula is C22H25ClFN3O3. The fourth-order valence-electron chi connectivity index (χ4n) is 3.50. The molecule has 8 heteroatoms. The molecule has 2 aromatic carbocycles. The highest BCUT2D eigenvalue weighted by Crippen LogP contribution is 2.22. The lowest BCUT2D eigenvalue weighted by Crippen LogP contribution is -2.38. The molecule has 1 saturated heterocycles. The summed E-state index contributed by atoms with van der Waals surface area (Å²) in [5.74, 6) is -0.798. The molecule has 0 radical (unpaired) electrons. The lowest BCUT2D eigenvalue weighted by Gasteiger charge is -2.24. The summed E-state index contributed by atoms with van der Waals surface area (Å²) >= 11 is 5.91. The van der Waals surface area contributed by atoms with E-state index in [1.54, 1.807) is 30.1 Å². The van der Waals surface area contributed by atoms with E-state index in [2.05, 4.69) is 10.2 Å².